The molecule has 8 heteroatoms. The van der Waals surface area contributed by atoms with Crippen LogP contribution in [0.2, 0.25) is 5.02 Å². The molecule has 5 nitrogen and oxygen atoms in total. The fourth-order valence-electron chi connectivity index (χ4n) is 2.65. The molecule has 0 aliphatic carbocycles. The van der Waals surface area contributed by atoms with E-state index in [0.29, 0.717) is 22.2 Å². The summed E-state index contributed by atoms with van der Waals surface area (Å²) in [5.74, 6) is 0.591. The Balaban J connectivity index is 1.59. The Kier molecular flexibility index (Phi) is 4.96. The molecule has 1 fully saturated rings. The second-order valence-corrected chi connectivity index (χ2v) is 7.28. The SMILES string of the molecule is O=C(c1ccc(Cl)cc1)N1CCS/C1=C/c1nc(-c2ccccc2F)no1. The van der Waals surface area contributed by atoms with Gasteiger partial charge in [-0.1, -0.05) is 28.9 Å². The molecule has 0 spiro atoms. The van der Waals surface area contributed by atoms with Crippen molar-refractivity contribution in [2.45, 2.75) is 0 Å². The van der Waals surface area contributed by atoms with Crippen LogP contribution < -0.4 is 0 Å². The van der Waals surface area contributed by atoms with Gasteiger partial charge >= 0.3 is 0 Å². The fraction of sp³-hybridized carbons (Fsp3) is 0.105. The third kappa shape index (κ3) is 3.74. The second kappa shape index (κ2) is 7.54. The van der Waals surface area contributed by atoms with E-state index in [1.165, 1.54) is 17.8 Å². The van der Waals surface area contributed by atoms with E-state index in [9.17, 15) is 9.18 Å². The highest BCUT2D eigenvalue weighted by molar-refractivity contribution is 8.03. The van der Waals surface area contributed by atoms with Crippen LogP contribution in [-0.4, -0.2) is 33.2 Å². The predicted molar refractivity (Wildman–Crippen MR) is 103 cm³/mol. The predicted octanol–water partition coefficient (Wildman–Crippen LogP) is 4.72. The summed E-state index contributed by atoms with van der Waals surface area (Å²) in [6.45, 7) is 0.576. The minimum atomic E-state index is -0.424. The van der Waals surface area contributed by atoms with E-state index < -0.39 is 5.82 Å². The van der Waals surface area contributed by atoms with Crippen molar-refractivity contribution in [1.29, 1.82) is 0 Å². The fourth-order valence-corrected chi connectivity index (χ4v) is 3.77. The number of hydrogen-bond acceptors (Lipinski definition) is 5. The number of benzene rings is 2. The number of amides is 1. The Morgan fingerprint density at radius 3 is 2.78 bits per heavy atom. The molecule has 0 N–H and O–H groups in total. The maximum Gasteiger partial charge on any atom is 0.258 e. The number of aromatic nitrogens is 2. The van der Waals surface area contributed by atoms with Gasteiger partial charge in [-0.3, -0.25) is 4.79 Å². The van der Waals surface area contributed by atoms with Gasteiger partial charge < -0.3 is 9.42 Å². The lowest BCUT2D eigenvalue weighted by atomic mass is 10.2. The summed E-state index contributed by atoms with van der Waals surface area (Å²) in [5, 5.41) is 5.11. The molecule has 2 heterocycles. The van der Waals surface area contributed by atoms with Gasteiger partial charge in [-0.05, 0) is 36.4 Å². The summed E-state index contributed by atoms with van der Waals surface area (Å²) in [6.07, 6.45) is 1.64. The largest absolute Gasteiger partial charge is 0.334 e. The zero-order valence-corrected chi connectivity index (χ0v) is 15.5. The van der Waals surface area contributed by atoms with Crippen molar-refractivity contribution in [2.75, 3.05) is 12.3 Å². The van der Waals surface area contributed by atoms with Crippen LogP contribution in [0.15, 0.2) is 58.1 Å². The monoisotopic (exact) mass is 401 g/mol. The average Bonchev–Trinajstić information content (AvgIpc) is 3.32. The number of carbonyl (C=O) groups excluding carboxylic acids is 1. The second-order valence-electron chi connectivity index (χ2n) is 5.73. The van der Waals surface area contributed by atoms with Gasteiger partial charge in [-0.15, -0.1) is 11.8 Å². The lowest BCUT2D eigenvalue weighted by Crippen LogP contribution is -2.26. The summed E-state index contributed by atoms with van der Waals surface area (Å²) < 4.78 is 19.1. The van der Waals surface area contributed by atoms with Crippen LogP contribution in [-0.2, 0) is 0 Å². The zero-order chi connectivity index (χ0) is 18.8. The van der Waals surface area contributed by atoms with Crippen molar-refractivity contribution < 1.29 is 13.7 Å². The number of thioether (sulfide) groups is 1. The first-order chi connectivity index (χ1) is 13.1. The molecule has 3 aromatic rings. The highest BCUT2D eigenvalue weighted by Gasteiger charge is 2.26. The Morgan fingerprint density at radius 1 is 1.22 bits per heavy atom. The van der Waals surface area contributed by atoms with Crippen molar-refractivity contribution >= 4 is 35.3 Å². The van der Waals surface area contributed by atoms with E-state index in [2.05, 4.69) is 10.1 Å². The van der Waals surface area contributed by atoms with Gasteiger partial charge in [0.25, 0.3) is 11.8 Å². The number of carbonyl (C=O) groups is 1. The Morgan fingerprint density at radius 2 is 2.00 bits per heavy atom. The number of hydrogen-bond donors (Lipinski definition) is 0. The van der Waals surface area contributed by atoms with Gasteiger partial charge in [0.1, 0.15) is 5.82 Å². The zero-order valence-electron chi connectivity index (χ0n) is 13.9. The summed E-state index contributed by atoms with van der Waals surface area (Å²) >= 11 is 7.40. The molecular weight excluding hydrogens is 389 g/mol. The summed E-state index contributed by atoms with van der Waals surface area (Å²) in [7, 11) is 0. The molecule has 1 saturated heterocycles. The molecular formula is C19H13ClFN3O2S. The van der Waals surface area contributed by atoms with Gasteiger partial charge in [0.15, 0.2) is 0 Å². The first kappa shape index (κ1) is 17.8. The van der Waals surface area contributed by atoms with Gasteiger partial charge in [0.2, 0.25) is 5.82 Å². The quantitative estimate of drug-likeness (QED) is 0.635. The van der Waals surface area contributed by atoms with Crippen molar-refractivity contribution in [1.82, 2.24) is 15.0 Å². The molecule has 0 radical (unpaired) electrons. The van der Waals surface area contributed by atoms with Crippen molar-refractivity contribution in [2.24, 2.45) is 0 Å². The van der Waals surface area contributed by atoms with Crippen molar-refractivity contribution in [3.63, 3.8) is 0 Å². The highest BCUT2D eigenvalue weighted by atomic mass is 35.5. The number of halogens is 2. The van der Waals surface area contributed by atoms with Crippen LogP contribution >= 0.6 is 23.4 Å². The first-order valence-corrected chi connectivity index (χ1v) is 9.49. The molecule has 0 atom stereocenters. The minimum Gasteiger partial charge on any atom is -0.334 e. The summed E-state index contributed by atoms with van der Waals surface area (Å²) in [6, 6.07) is 13.0. The van der Waals surface area contributed by atoms with Crippen LogP contribution in [0.25, 0.3) is 17.5 Å². The van der Waals surface area contributed by atoms with E-state index in [4.69, 9.17) is 16.1 Å². The molecule has 1 aliphatic heterocycles. The average molecular weight is 402 g/mol. The van der Waals surface area contributed by atoms with E-state index in [-0.39, 0.29) is 23.2 Å². The molecule has 4 rings (SSSR count). The third-order valence-electron chi connectivity index (χ3n) is 3.97. The number of nitrogens with zero attached hydrogens (tertiary/aromatic N) is 3. The Labute approximate surface area is 163 Å². The van der Waals surface area contributed by atoms with Crippen LogP contribution in [0.5, 0.6) is 0 Å². The van der Waals surface area contributed by atoms with Crippen LogP contribution in [0.1, 0.15) is 16.2 Å². The van der Waals surface area contributed by atoms with Crippen LogP contribution in [0.3, 0.4) is 0 Å². The molecule has 0 unspecified atom stereocenters. The van der Waals surface area contributed by atoms with Crippen LogP contribution in [0, 0.1) is 5.82 Å². The van der Waals surface area contributed by atoms with E-state index in [1.54, 1.807) is 53.4 Å². The number of rotatable bonds is 3. The third-order valence-corrected chi connectivity index (χ3v) is 5.24. The molecule has 1 aromatic heterocycles. The summed E-state index contributed by atoms with van der Waals surface area (Å²) in [5.41, 5.74) is 0.810. The molecule has 27 heavy (non-hydrogen) atoms. The maximum atomic E-state index is 13.9. The van der Waals surface area contributed by atoms with Gasteiger partial charge in [0, 0.05) is 29.0 Å². The molecule has 1 aliphatic rings. The summed E-state index contributed by atoms with van der Waals surface area (Å²) in [4.78, 5) is 18.6. The van der Waals surface area contributed by atoms with Crippen LogP contribution in [0.4, 0.5) is 4.39 Å². The Hall–Kier alpha value is -2.64. The van der Waals surface area contributed by atoms with E-state index in [1.807, 2.05) is 0 Å². The van der Waals surface area contributed by atoms with Gasteiger partial charge in [0.05, 0.1) is 10.6 Å². The van der Waals surface area contributed by atoms with E-state index >= 15 is 0 Å². The van der Waals surface area contributed by atoms with E-state index in [0.717, 1.165) is 5.75 Å². The Bertz CT molecular complexity index is 1020. The standard InChI is InChI=1S/C19H13ClFN3O2S/c20-13-7-5-12(6-8-13)19(25)24-9-10-27-17(24)11-16-22-18(23-26-16)14-3-1-2-4-15(14)21/h1-8,11H,9-10H2/b17-11+. The molecule has 2 aromatic carbocycles. The van der Waals surface area contributed by atoms with Crippen molar-refractivity contribution in [3.8, 4) is 11.4 Å². The minimum absolute atomic E-state index is 0.128. The maximum absolute atomic E-state index is 13.9. The van der Waals surface area contributed by atoms with Gasteiger partial charge in [-0.2, -0.15) is 4.98 Å². The highest BCUT2D eigenvalue weighted by Crippen LogP contribution is 2.31. The van der Waals surface area contributed by atoms with Crippen molar-refractivity contribution in [3.05, 3.63) is 75.9 Å². The van der Waals surface area contributed by atoms with Gasteiger partial charge in [-0.25, -0.2) is 4.39 Å². The normalized spacial score (nSPS) is 15.5. The smallest absolute Gasteiger partial charge is 0.258 e. The molecule has 136 valence electrons. The molecule has 0 bridgehead atoms. The topological polar surface area (TPSA) is 59.2 Å². The molecule has 0 saturated carbocycles. The first-order valence-electron chi connectivity index (χ1n) is 8.12. The lowest BCUT2D eigenvalue weighted by Gasteiger charge is -2.16. The molecule has 1 amide bonds. The lowest BCUT2D eigenvalue weighted by molar-refractivity contribution is 0.0831.